The number of allylic oxidation sites excluding steroid dienone is 17. The predicted octanol–water partition coefficient (Wildman–Crippen LogP) is 19.9. The zero-order valence-corrected chi connectivity index (χ0v) is 53.4. The molecule has 0 aliphatic rings. The van der Waals surface area contributed by atoms with Gasteiger partial charge in [-0.2, -0.15) is 0 Å². The van der Waals surface area contributed by atoms with Crippen LogP contribution in [0.5, 0.6) is 0 Å². The van der Waals surface area contributed by atoms with Gasteiger partial charge in [-0.05, 0) is 115 Å². The lowest BCUT2D eigenvalue weighted by molar-refractivity contribution is -0.870. The number of unbranched alkanes of at least 4 members (excludes halogenated alkanes) is 26. The number of likely N-dealkylation sites (N-methyl/N-ethyl adjacent to an activating group) is 1. The van der Waals surface area contributed by atoms with E-state index in [1.54, 1.807) is 0 Å². The summed E-state index contributed by atoms with van der Waals surface area (Å²) >= 11 is 0. The van der Waals surface area contributed by atoms with Gasteiger partial charge in [-0.15, -0.1) is 0 Å². The number of carbonyl (C=O) groups is 2. The summed E-state index contributed by atoms with van der Waals surface area (Å²) < 4.78 is 30.3. The number of esters is 1. The molecule has 0 bridgehead atoms. The van der Waals surface area contributed by atoms with E-state index in [1.807, 2.05) is 33.3 Å². The molecule has 0 saturated carbocycles. The Hall–Kier alpha value is -3.33. The maximum Gasteiger partial charge on any atom is 0.306 e. The van der Waals surface area contributed by atoms with Crippen molar-refractivity contribution in [3.8, 4) is 0 Å². The molecule has 0 saturated heterocycles. The van der Waals surface area contributed by atoms with Crippen LogP contribution in [0.2, 0.25) is 0 Å². The molecule has 0 heterocycles. The predicted molar refractivity (Wildman–Crippen MR) is 344 cm³/mol. The number of amides is 1. The highest BCUT2D eigenvalue weighted by Gasteiger charge is 2.27. The number of ether oxygens (including phenoxy) is 1. The number of phosphoric acid groups is 1. The van der Waals surface area contributed by atoms with Gasteiger partial charge >= 0.3 is 5.97 Å². The van der Waals surface area contributed by atoms with E-state index in [9.17, 15) is 19.0 Å². The lowest BCUT2D eigenvalue weighted by Crippen LogP contribution is -2.47. The Bertz CT molecular complexity index is 1740. The van der Waals surface area contributed by atoms with Crippen LogP contribution in [0, 0.1) is 0 Å². The van der Waals surface area contributed by atoms with Crippen molar-refractivity contribution >= 4 is 19.7 Å². The molecule has 80 heavy (non-hydrogen) atoms. The van der Waals surface area contributed by atoms with Crippen LogP contribution < -0.4 is 10.2 Å². The second-order valence-corrected chi connectivity index (χ2v) is 24.3. The molecule has 0 aromatic rings. The molecule has 0 aliphatic heterocycles. The molecule has 0 fully saturated rings. The number of hydrogen-bond donors (Lipinski definition) is 1. The molecule has 0 spiro atoms. The smallest absolute Gasteiger partial charge is 0.306 e. The lowest BCUT2D eigenvalue weighted by atomic mass is 10.0. The van der Waals surface area contributed by atoms with Gasteiger partial charge in [0.2, 0.25) is 5.91 Å². The molecule has 3 unspecified atom stereocenters. The SMILES string of the molecule is CC/C=C\C/C=C\C/C=C\C/C=C\C/C=C\CCCCCCCCCCCC(=O)NC(COP(=O)([O-])OCC[N+](C)(C)C)C(/C=C\CCCCCCCCCCCC)OC(=O)CCCCCC/C=C\C/C=C\C/C=C\CCCCC. The quantitative estimate of drug-likeness (QED) is 0.0212. The van der Waals surface area contributed by atoms with E-state index in [0.717, 1.165) is 122 Å². The third kappa shape index (κ3) is 59.3. The van der Waals surface area contributed by atoms with Crippen molar-refractivity contribution in [3.05, 3.63) is 109 Å². The number of nitrogens with one attached hydrogen (secondary N) is 1. The number of phosphoric ester groups is 1. The lowest BCUT2D eigenvalue weighted by Gasteiger charge is -2.30. The van der Waals surface area contributed by atoms with E-state index in [1.165, 1.54) is 109 Å². The first kappa shape index (κ1) is 76.7. The van der Waals surface area contributed by atoms with Gasteiger partial charge < -0.3 is 28.5 Å². The standard InChI is InChI=1S/C70H123N2O7P/c1-7-10-13-16-19-22-25-28-30-32-33-34-35-36-37-38-39-41-42-44-47-50-53-56-59-62-69(73)71-67(66-78-80(75,76)77-65-64-72(4,5)6)68(61-58-55-52-49-46-27-24-21-18-15-12-9-3)79-70(74)63-60-57-54-51-48-45-43-40-31-29-26-23-20-17-14-11-8-2/h10,13,19-20,22-23,28-31,33-34,36-37,43,45,58,61,67-68H,7-9,11-12,14-18,21,24-27,32,35,38-42,44,46-57,59-60,62-66H2,1-6H3,(H-,71,73,75,76)/b13-10-,22-19-,23-20-,30-28-,31-29-,34-33-,37-36-,45-43-,61-58-. The van der Waals surface area contributed by atoms with Crippen molar-refractivity contribution in [2.75, 3.05) is 40.9 Å². The molecule has 0 aromatic heterocycles. The molecule has 0 radical (unpaired) electrons. The van der Waals surface area contributed by atoms with Crippen molar-refractivity contribution in [1.29, 1.82) is 0 Å². The number of nitrogens with zero attached hydrogens (tertiary/aromatic N) is 1. The Kier molecular flexibility index (Phi) is 56.4. The summed E-state index contributed by atoms with van der Waals surface area (Å²) in [5.41, 5.74) is 0. The average Bonchev–Trinajstić information content (AvgIpc) is 3.42. The van der Waals surface area contributed by atoms with E-state index in [-0.39, 0.29) is 24.9 Å². The molecule has 10 heteroatoms. The molecule has 460 valence electrons. The second kappa shape index (κ2) is 58.9. The average molecular weight is 1140 g/mol. The summed E-state index contributed by atoms with van der Waals surface area (Å²) in [7, 11) is 1.16. The fourth-order valence-electron chi connectivity index (χ4n) is 8.91. The first-order valence-corrected chi connectivity index (χ1v) is 34.2. The first-order chi connectivity index (χ1) is 38.9. The van der Waals surface area contributed by atoms with Crippen molar-refractivity contribution in [1.82, 2.24) is 5.32 Å². The summed E-state index contributed by atoms with van der Waals surface area (Å²) in [5, 5.41) is 3.02. The van der Waals surface area contributed by atoms with Crippen LogP contribution in [0.3, 0.4) is 0 Å². The Morgan fingerprint density at radius 2 is 0.800 bits per heavy atom. The first-order valence-electron chi connectivity index (χ1n) is 32.7. The third-order valence-electron chi connectivity index (χ3n) is 13.9. The zero-order chi connectivity index (χ0) is 58.6. The number of hydrogen-bond acceptors (Lipinski definition) is 7. The molecule has 0 aliphatic carbocycles. The number of rotatable bonds is 58. The van der Waals surface area contributed by atoms with Gasteiger partial charge in [-0.1, -0.05) is 252 Å². The van der Waals surface area contributed by atoms with Crippen LogP contribution in [0.25, 0.3) is 0 Å². The third-order valence-corrected chi connectivity index (χ3v) is 14.9. The van der Waals surface area contributed by atoms with E-state index in [0.29, 0.717) is 23.9 Å². The van der Waals surface area contributed by atoms with Gasteiger partial charge in [-0.25, -0.2) is 0 Å². The normalized spacial score (nSPS) is 14.3. The van der Waals surface area contributed by atoms with Crippen molar-refractivity contribution in [2.24, 2.45) is 0 Å². The van der Waals surface area contributed by atoms with Crippen LogP contribution in [0.4, 0.5) is 0 Å². The van der Waals surface area contributed by atoms with Crippen LogP contribution in [-0.2, 0) is 27.9 Å². The Labute approximate surface area is 493 Å². The summed E-state index contributed by atoms with van der Waals surface area (Å²) in [6.45, 7) is 6.68. The minimum Gasteiger partial charge on any atom is -0.756 e. The van der Waals surface area contributed by atoms with Gasteiger partial charge in [0.15, 0.2) is 0 Å². The fraction of sp³-hybridized carbons (Fsp3) is 0.714. The van der Waals surface area contributed by atoms with Gasteiger partial charge in [0.05, 0.1) is 33.8 Å². The highest BCUT2D eigenvalue weighted by Crippen LogP contribution is 2.38. The fourth-order valence-corrected chi connectivity index (χ4v) is 9.63. The van der Waals surface area contributed by atoms with E-state index in [4.69, 9.17) is 13.8 Å². The van der Waals surface area contributed by atoms with Crippen LogP contribution in [0.15, 0.2) is 109 Å². The number of quaternary nitrogens is 1. The molecule has 9 nitrogen and oxygen atoms in total. The van der Waals surface area contributed by atoms with Crippen LogP contribution >= 0.6 is 7.82 Å². The summed E-state index contributed by atoms with van der Waals surface area (Å²) in [6.07, 6.45) is 80.5. The molecule has 0 aromatic carbocycles. The Morgan fingerprint density at radius 3 is 1.23 bits per heavy atom. The molecule has 3 atom stereocenters. The largest absolute Gasteiger partial charge is 0.756 e. The van der Waals surface area contributed by atoms with Crippen molar-refractivity contribution in [2.45, 2.75) is 283 Å². The topological polar surface area (TPSA) is 114 Å². The molecule has 0 rings (SSSR count). The van der Waals surface area contributed by atoms with Crippen molar-refractivity contribution < 1.29 is 37.3 Å². The summed E-state index contributed by atoms with van der Waals surface area (Å²) in [6, 6.07) is -0.908. The highest BCUT2D eigenvalue weighted by molar-refractivity contribution is 7.45. The molecule has 1 amide bonds. The van der Waals surface area contributed by atoms with Crippen LogP contribution in [-0.4, -0.2) is 69.4 Å². The van der Waals surface area contributed by atoms with E-state index < -0.39 is 26.6 Å². The maximum absolute atomic E-state index is 13.6. The van der Waals surface area contributed by atoms with E-state index >= 15 is 0 Å². The maximum atomic E-state index is 13.6. The van der Waals surface area contributed by atoms with Crippen molar-refractivity contribution in [3.63, 3.8) is 0 Å². The summed E-state index contributed by atoms with van der Waals surface area (Å²) in [4.78, 5) is 40.1. The minimum atomic E-state index is -4.71. The highest BCUT2D eigenvalue weighted by atomic mass is 31.2. The van der Waals surface area contributed by atoms with Gasteiger partial charge in [0.25, 0.3) is 7.82 Å². The van der Waals surface area contributed by atoms with Gasteiger partial charge in [0.1, 0.15) is 19.3 Å². The van der Waals surface area contributed by atoms with Gasteiger partial charge in [-0.3, -0.25) is 14.2 Å². The second-order valence-electron chi connectivity index (χ2n) is 22.9. The monoisotopic (exact) mass is 1130 g/mol. The number of carbonyl (C=O) groups excluding carboxylic acids is 2. The summed E-state index contributed by atoms with van der Waals surface area (Å²) in [5.74, 6) is -0.576. The Balaban J connectivity index is 5.20. The molecule has 1 N–H and O–H groups in total. The zero-order valence-electron chi connectivity index (χ0n) is 52.5. The van der Waals surface area contributed by atoms with Crippen LogP contribution in [0.1, 0.15) is 271 Å². The van der Waals surface area contributed by atoms with E-state index in [2.05, 4.69) is 123 Å². The minimum absolute atomic E-state index is 0.0325. The van der Waals surface area contributed by atoms with Gasteiger partial charge in [0, 0.05) is 12.8 Å². The Morgan fingerprint density at radius 1 is 0.450 bits per heavy atom. The molecular weight excluding hydrogens is 1010 g/mol. The molecular formula is C70H123N2O7P.